The molecule has 2 aliphatic heterocycles. The molecule has 0 spiro atoms. The Labute approximate surface area is 256 Å². The highest BCUT2D eigenvalue weighted by Crippen LogP contribution is 2.38. The van der Waals surface area contributed by atoms with Gasteiger partial charge in [-0.05, 0) is 59.5 Å². The van der Waals surface area contributed by atoms with Crippen molar-refractivity contribution in [3.8, 4) is 11.1 Å². The molecule has 1 N–H and O–H groups in total. The zero-order valence-corrected chi connectivity index (χ0v) is 24.1. The lowest BCUT2D eigenvalue weighted by molar-refractivity contribution is -0.148. The van der Waals surface area contributed by atoms with Crippen molar-refractivity contribution < 1.29 is 28.3 Å². The number of hydrogen-bond acceptors (Lipinski definition) is 8. The molecule has 3 heterocycles. The van der Waals surface area contributed by atoms with Crippen LogP contribution in [0.15, 0.2) is 84.5 Å². The number of methoxy groups -OCH3 is 1. The third-order valence-corrected chi connectivity index (χ3v) is 7.90. The van der Waals surface area contributed by atoms with Gasteiger partial charge in [-0.3, -0.25) is 9.59 Å². The summed E-state index contributed by atoms with van der Waals surface area (Å²) in [5.74, 6) is -2.09. The number of ether oxygens (including phenoxy) is 1. The molecular formula is C32H25ClFN5O5. The number of halogens is 2. The summed E-state index contributed by atoms with van der Waals surface area (Å²) in [4.78, 5) is 55.1. The third-order valence-electron chi connectivity index (χ3n) is 7.60. The van der Waals surface area contributed by atoms with Gasteiger partial charge in [-0.2, -0.15) is 0 Å². The van der Waals surface area contributed by atoms with Crippen molar-refractivity contribution >= 4 is 40.8 Å². The van der Waals surface area contributed by atoms with E-state index >= 15 is 0 Å². The summed E-state index contributed by atoms with van der Waals surface area (Å²) >= 11 is 5.95. The van der Waals surface area contributed by atoms with E-state index in [-0.39, 0.29) is 29.3 Å². The molecule has 0 bridgehead atoms. The van der Waals surface area contributed by atoms with E-state index in [9.17, 15) is 18.8 Å². The largest absolute Gasteiger partial charge is 0.465 e. The van der Waals surface area contributed by atoms with Crippen molar-refractivity contribution in [3.63, 3.8) is 0 Å². The smallest absolute Gasteiger partial charge is 0.337 e. The van der Waals surface area contributed by atoms with E-state index in [4.69, 9.17) is 21.2 Å². The van der Waals surface area contributed by atoms with Gasteiger partial charge in [-0.1, -0.05) is 41.0 Å². The Morgan fingerprint density at radius 1 is 1.02 bits per heavy atom. The van der Waals surface area contributed by atoms with Crippen LogP contribution in [0.3, 0.4) is 0 Å². The first-order chi connectivity index (χ1) is 21.4. The number of hydrogen-bond donors (Lipinski definition) is 1. The second-order valence-electron chi connectivity index (χ2n) is 10.2. The topological polar surface area (TPSA) is 123 Å². The van der Waals surface area contributed by atoms with Crippen LogP contribution in [0.1, 0.15) is 39.5 Å². The third kappa shape index (κ3) is 5.49. The first-order valence-corrected chi connectivity index (χ1v) is 14.1. The standard InChI is InChI=1S/C32H25ClFN5O5/c1-43-32(42)18-8-10-20(11-9-18)37-30(40)29-23-5-2-4-21(19-15-35-17-36-16-19)22(23)12-13-39(29)31(41)27-14-26(38-44-27)24-6-3-7-25(33)28(24)34/h2-11,15-17,27,29H,12-14H2,1H3,(H,37,40). The lowest BCUT2D eigenvalue weighted by Gasteiger charge is -2.38. The first-order valence-electron chi connectivity index (χ1n) is 13.7. The zero-order chi connectivity index (χ0) is 30.8. The number of carbonyl (C=O) groups excluding carboxylic acids is 3. The molecule has 6 rings (SSSR count). The Morgan fingerprint density at radius 2 is 1.75 bits per heavy atom. The molecule has 1 aromatic heterocycles. The number of fused-ring (bicyclic) bond motifs is 1. The fourth-order valence-electron chi connectivity index (χ4n) is 5.50. The van der Waals surface area contributed by atoms with E-state index in [0.29, 0.717) is 23.2 Å². The average Bonchev–Trinajstić information content (AvgIpc) is 3.55. The van der Waals surface area contributed by atoms with Crippen LogP contribution >= 0.6 is 11.6 Å². The highest BCUT2D eigenvalue weighted by molar-refractivity contribution is 6.31. The van der Waals surface area contributed by atoms with E-state index in [1.807, 2.05) is 18.2 Å². The molecule has 0 aliphatic carbocycles. The number of amides is 2. The first kappa shape index (κ1) is 28.9. The molecule has 4 aromatic rings. The molecule has 2 amide bonds. The van der Waals surface area contributed by atoms with Gasteiger partial charge < -0.3 is 19.8 Å². The number of nitrogens with zero attached hydrogens (tertiary/aromatic N) is 4. The van der Waals surface area contributed by atoms with Gasteiger partial charge in [-0.25, -0.2) is 19.2 Å². The van der Waals surface area contributed by atoms with E-state index in [1.54, 1.807) is 30.6 Å². The summed E-state index contributed by atoms with van der Waals surface area (Å²) < 4.78 is 19.4. The van der Waals surface area contributed by atoms with Gasteiger partial charge in [0, 0.05) is 42.2 Å². The molecule has 222 valence electrons. The van der Waals surface area contributed by atoms with Gasteiger partial charge >= 0.3 is 5.97 Å². The highest BCUT2D eigenvalue weighted by atomic mass is 35.5. The maximum atomic E-state index is 14.7. The summed E-state index contributed by atoms with van der Waals surface area (Å²) in [6.45, 7) is 0.205. The second-order valence-corrected chi connectivity index (χ2v) is 10.6. The van der Waals surface area contributed by atoms with E-state index in [1.165, 1.54) is 42.6 Å². The Bertz CT molecular complexity index is 1780. The fourth-order valence-corrected chi connectivity index (χ4v) is 5.67. The highest BCUT2D eigenvalue weighted by Gasteiger charge is 2.42. The fraction of sp³-hybridized carbons (Fsp3) is 0.188. The molecule has 0 saturated heterocycles. The van der Waals surface area contributed by atoms with Crippen LogP contribution in [0.4, 0.5) is 10.1 Å². The second kappa shape index (κ2) is 12.2. The zero-order valence-electron chi connectivity index (χ0n) is 23.4. The van der Waals surface area contributed by atoms with Crippen molar-refractivity contribution in [2.24, 2.45) is 5.16 Å². The SMILES string of the molecule is COC(=O)c1ccc(NC(=O)C2c3cccc(-c4cncnc4)c3CCN2C(=O)C2CC(c3cccc(Cl)c3F)=NO2)cc1. The maximum Gasteiger partial charge on any atom is 0.337 e. The number of anilines is 1. The van der Waals surface area contributed by atoms with Crippen molar-refractivity contribution in [3.05, 3.63) is 112 Å². The van der Waals surface area contributed by atoms with E-state index < -0.39 is 35.7 Å². The van der Waals surface area contributed by atoms with Gasteiger partial charge in [-0.15, -0.1) is 0 Å². The molecule has 0 saturated carbocycles. The number of esters is 1. The summed E-state index contributed by atoms with van der Waals surface area (Å²) in [5.41, 5.74) is 4.30. The normalized spacial score (nSPS) is 17.2. The lowest BCUT2D eigenvalue weighted by Crippen LogP contribution is -2.49. The number of benzene rings is 3. The Morgan fingerprint density at radius 3 is 2.50 bits per heavy atom. The Balaban J connectivity index is 1.32. The molecular weight excluding hydrogens is 589 g/mol. The van der Waals surface area contributed by atoms with Crippen LogP contribution in [-0.2, 0) is 25.6 Å². The number of nitrogens with one attached hydrogen (secondary N) is 1. The number of carbonyl (C=O) groups is 3. The minimum Gasteiger partial charge on any atom is -0.465 e. The van der Waals surface area contributed by atoms with Crippen LogP contribution in [0.5, 0.6) is 0 Å². The molecule has 2 atom stereocenters. The van der Waals surface area contributed by atoms with Crippen LogP contribution in [-0.4, -0.2) is 58.1 Å². The summed E-state index contributed by atoms with van der Waals surface area (Å²) in [5, 5.41) is 6.80. The number of oxime groups is 1. The predicted molar refractivity (Wildman–Crippen MR) is 159 cm³/mol. The molecule has 12 heteroatoms. The van der Waals surface area contributed by atoms with Gasteiger partial charge in [0.25, 0.3) is 11.8 Å². The minimum absolute atomic E-state index is 0.00414. The lowest BCUT2D eigenvalue weighted by atomic mass is 9.86. The molecule has 0 radical (unpaired) electrons. The van der Waals surface area contributed by atoms with Crippen molar-refractivity contribution in [1.29, 1.82) is 0 Å². The molecule has 0 fully saturated rings. The van der Waals surface area contributed by atoms with Crippen molar-refractivity contribution in [2.75, 3.05) is 19.0 Å². The average molecular weight is 614 g/mol. The monoisotopic (exact) mass is 613 g/mol. The number of aromatic nitrogens is 2. The van der Waals surface area contributed by atoms with Gasteiger partial charge in [0.2, 0.25) is 6.10 Å². The molecule has 3 aromatic carbocycles. The van der Waals surface area contributed by atoms with Crippen LogP contribution in [0.2, 0.25) is 5.02 Å². The Hall–Kier alpha value is -5.16. The van der Waals surface area contributed by atoms with Gasteiger partial charge in [0.15, 0.2) is 5.82 Å². The quantitative estimate of drug-likeness (QED) is 0.304. The van der Waals surface area contributed by atoms with Crippen LogP contribution in [0.25, 0.3) is 11.1 Å². The van der Waals surface area contributed by atoms with E-state index in [2.05, 4.69) is 20.4 Å². The molecule has 44 heavy (non-hydrogen) atoms. The molecule has 10 nitrogen and oxygen atoms in total. The van der Waals surface area contributed by atoms with Crippen LogP contribution < -0.4 is 5.32 Å². The summed E-state index contributed by atoms with van der Waals surface area (Å²) in [6.07, 6.45) is 4.22. The van der Waals surface area contributed by atoms with Crippen molar-refractivity contribution in [1.82, 2.24) is 14.9 Å². The van der Waals surface area contributed by atoms with Crippen LogP contribution in [0, 0.1) is 5.82 Å². The maximum absolute atomic E-state index is 14.7. The number of rotatable bonds is 6. The summed E-state index contributed by atoms with van der Waals surface area (Å²) in [6, 6.07) is 15.3. The van der Waals surface area contributed by atoms with Gasteiger partial charge in [0.05, 0.1) is 23.4 Å². The molecule has 2 unspecified atom stereocenters. The van der Waals surface area contributed by atoms with Gasteiger partial charge in [0.1, 0.15) is 12.4 Å². The Kier molecular flexibility index (Phi) is 8.03. The minimum atomic E-state index is -1.06. The van der Waals surface area contributed by atoms with Crippen molar-refractivity contribution in [2.45, 2.75) is 25.0 Å². The summed E-state index contributed by atoms with van der Waals surface area (Å²) in [7, 11) is 1.29. The molecule has 2 aliphatic rings. The predicted octanol–water partition coefficient (Wildman–Crippen LogP) is 4.98. The van der Waals surface area contributed by atoms with E-state index in [0.717, 1.165) is 16.7 Å².